The largest absolute Gasteiger partial charge is 0.497 e. The Labute approximate surface area is 173 Å². The number of methoxy groups -OCH3 is 2. The minimum Gasteiger partial charge on any atom is -0.497 e. The lowest BCUT2D eigenvalue weighted by atomic mass is 10.0. The van der Waals surface area contributed by atoms with Crippen LogP contribution in [0.15, 0.2) is 18.2 Å². The number of ether oxygens (including phenoxy) is 3. The predicted molar refractivity (Wildman–Crippen MR) is 112 cm³/mol. The molecule has 1 aromatic heterocycles. The fraction of sp³-hybridized carbons (Fsp3) is 0.400. The van der Waals surface area contributed by atoms with Gasteiger partial charge in [0, 0.05) is 24.0 Å². The molecule has 0 fully saturated rings. The van der Waals surface area contributed by atoms with E-state index < -0.39 is 0 Å². The van der Waals surface area contributed by atoms with Crippen molar-refractivity contribution >= 4 is 33.9 Å². The van der Waals surface area contributed by atoms with Gasteiger partial charge >= 0.3 is 5.97 Å². The van der Waals surface area contributed by atoms with Crippen molar-refractivity contribution in [3.8, 4) is 11.5 Å². The van der Waals surface area contributed by atoms with Gasteiger partial charge in [0.1, 0.15) is 16.5 Å². The van der Waals surface area contributed by atoms with Gasteiger partial charge in [0.05, 0.1) is 38.6 Å². The lowest BCUT2D eigenvalue weighted by Crippen LogP contribution is -2.37. The highest BCUT2D eigenvalue weighted by Crippen LogP contribution is 2.35. The van der Waals surface area contributed by atoms with E-state index in [0.29, 0.717) is 53.9 Å². The Kier molecular flexibility index (Phi) is 6.60. The molecule has 9 heteroatoms. The number of carbonyl (C=O) groups is 2. The van der Waals surface area contributed by atoms with Crippen LogP contribution in [0, 0.1) is 0 Å². The molecule has 0 atom stereocenters. The van der Waals surface area contributed by atoms with Crippen LogP contribution < -0.4 is 20.5 Å². The predicted octanol–water partition coefficient (Wildman–Crippen LogP) is 2.52. The third-order valence-electron chi connectivity index (χ3n) is 4.69. The molecule has 3 rings (SSSR count). The van der Waals surface area contributed by atoms with Crippen LogP contribution in [0.25, 0.3) is 0 Å². The van der Waals surface area contributed by atoms with Crippen LogP contribution >= 0.6 is 11.3 Å². The Bertz CT molecular complexity index is 912. The molecule has 0 spiro atoms. The van der Waals surface area contributed by atoms with Crippen molar-refractivity contribution in [2.45, 2.75) is 19.9 Å². The second-order valence-corrected chi connectivity index (χ2v) is 7.68. The maximum atomic E-state index is 12.6. The summed E-state index contributed by atoms with van der Waals surface area (Å²) in [4.78, 5) is 27.8. The molecule has 0 saturated heterocycles. The smallest absolute Gasteiger partial charge is 0.341 e. The van der Waals surface area contributed by atoms with Crippen molar-refractivity contribution in [3.05, 3.63) is 34.2 Å². The van der Waals surface area contributed by atoms with E-state index in [1.165, 1.54) is 11.3 Å². The maximum absolute atomic E-state index is 12.6. The zero-order chi connectivity index (χ0) is 21.0. The first-order chi connectivity index (χ1) is 14.0. The molecular formula is C20H25N3O5S. The molecule has 1 aliphatic heterocycles. The van der Waals surface area contributed by atoms with Crippen molar-refractivity contribution in [2.24, 2.45) is 0 Å². The standard InChI is InChI=1S/C20H25N3O5S/c1-4-28-20(25)18-13-7-8-23(10-16(13)29-19(18)21)11-17(24)22-14-9-12(26-2)5-6-15(14)27-3/h5-6,9H,4,7-8,10-11,21H2,1-3H3,(H,22,24). The van der Waals surface area contributed by atoms with E-state index in [1.54, 1.807) is 39.3 Å². The average molecular weight is 420 g/mol. The van der Waals surface area contributed by atoms with Crippen LogP contribution in [0.3, 0.4) is 0 Å². The maximum Gasteiger partial charge on any atom is 0.341 e. The normalized spacial score (nSPS) is 13.5. The number of fused-ring (bicyclic) bond motifs is 1. The number of nitrogens with two attached hydrogens (primary N) is 1. The van der Waals surface area contributed by atoms with Gasteiger partial charge in [-0.05, 0) is 31.0 Å². The molecule has 2 heterocycles. The zero-order valence-electron chi connectivity index (χ0n) is 16.7. The Morgan fingerprint density at radius 2 is 2.07 bits per heavy atom. The lowest BCUT2D eigenvalue weighted by molar-refractivity contribution is -0.117. The van der Waals surface area contributed by atoms with E-state index in [2.05, 4.69) is 5.32 Å². The molecular weight excluding hydrogens is 394 g/mol. The molecule has 0 radical (unpaired) electrons. The summed E-state index contributed by atoms with van der Waals surface area (Å²) in [5.74, 6) is 0.656. The van der Waals surface area contributed by atoms with Gasteiger partial charge < -0.3 is 25.3 Å². The number of hydrogen-bond donors (Lipinski definition) is 2. The number of carbonyl (C=O) groups excluding carboxylic acids is 2. The highest BCUT2D eigenvalue weighted by atomic mass is 32.1. The first-order valence-electron chi connectivity index (χ1n) is 9.28. The third kappa shape index (κ3) is 4.63. The van der Waals surface area contributed by atoms with Crippen LogP contribution in [-0.4, -0.2) is 50.7 Å². The summed E-state index contributed by atoms with van der Waals surface area (Å²) in [5, 5.41) is 3.35. The summed E-state index contributed by atoms with van der Waals surface area (Å²) < 4.78 is 15.6. The summed E-state index contributed by atoms with van der Waals surface area (Å²) in [5.41, 5.74) is 8.03. The topological polar surface area (TPSA) is 103 Å². The molecule has 0 bridgehead atoms. The van der Waals surface area contributed by atoms with Gasteiger partial charge in [0.25, 0.3) is 0 Å². The lowest BCUT2D eigenvalue weighted by Gasteiger charge is -2.26. The molecule has 2 aromatic rings. The Morgan fingerprint density at radius 1 is 1.28 bits per heavy atom. The van der Waals surface area contributed by atoms with Crippen LogP contribution in [0.2, 0.25) is 0 Å². The average Bonchev–Trinajstić information content (AvgIpc) is 3.02. The van der Waals surface area contributed by atoms with Gasteiger partial charge in [0.15, 0.2) is 0 Å². The monoisotopic (exact) mass is 419 g/mol. The molecule has 1 amide bonds. The summed E-state index contributed by atoms with van der Waals surface area (Å²) >= 11 is 1.38. The van der Waals surface area contributed by atoms with Crippen LogP contribution in [0.5, 0.6) is 11.5 Å². The number of esters is 1. The Balaban J connectivity index is 1.67. The summed E-state index contributed by atoms with van der Waals surface area (Å²) in [6, 6.07) is 5.23. The van der Waals surface area contributed by atoms with Crippen molar-refractivity contribution in [3.63, 3.8) is 0 Å². The van der Waals surface area contributed by atoms with Gasteiger partial charge in [-0.25, -0.2) is 4.79 Å². The Morgan fingerprint density at radius 3 is 2.76 bits per heavy atom. The van der Waals surface area contributed by atoms with Crippen LogP contribution in [0.4, 0.5) is 10.7 Å². The quantitative estimate of drug-likeness (QED) is 0.665. The number of rotatable bonds is 7. The van der Waals surface area contributed by atoms with E-state index in [1.807, 2.05) is 4.90 Å². The molecule has 156 valence electrons. The van der Waals surface area contributed by atoms with Gasteiger partial charge in [-0.2, -0.15) is 0 Å². The van der Waals surface area contributed by atoms with Crippen molar-refractivity contribution in [2.75, 3.05) is 45.0 Å². The van der Waals surface area contributed by atoms with E-state index in [0.717, 1.165) is 10.4 Å². The molecule has 3 N–H and O–H groups in total. The van der Waals surface area contributed by atoms with Gasteiger partial charge in [-0.15, -0.1) is 11.3 Å². The van der Waals surface area contributed by atoms with Gasteiger partial charge in [-0.3, -0.25) is 9.69 Å². The molecule has 8 nitrogen and oxygen atoms in total. The fourth-order valence-corrected chi connectivity index (χ4v) is 4.49. The summed E-state index contributed by atoms with van der Waals surface area (Å²) in [6.45, 7) is 3.50. The number of nitrogen functional groups attached to an aromatic ring is 1. The SMILES string of the molecule is CCOC(=O)c1c(N)sc2c1CCN(CC(=O)Nc1cc(OC)ccc1OC)C2. The zero-order valence-corrected chi connectivity index (χ0v) is 17.6. The number of benzene rings is 1. The van der Waals surface area contributed by atoms with Crippen molar-refractivity contribution in [1.82, 2.24) is 4.90 Å². The molecule has 29 heavy (non-hydrogen) atoms. The first kappa shape index (κ1) is 20.9. The minimum atomic E-state index is -0.376. The van der Waals surface area contributed by atoms with Crippen LogP contribution in [0.1, 0.15) is 27.7 Å². The summed E-state index contributed by atoms with van der Waals surface area (Å²) in [6.07, 6.45) is 0.646. The number of anilines is 2. The number of nitrogens with one attached hydrogen (secondary N) is 1. The highest BCUT2D eigenvalue weighted by molar-refractivity contribution is 7.16. The third-order valence-corrected chi connectivity index (χ3v) is 5.74. The second-order valence-electron chi connectivity index (χ2n) is 6.54. The number of thiophene rings is 1. The van der Waals surface area contributed by atoms with E-state index in [9.17, 15) is 9.59 Å². The first-order valence-corrected chi connectivity index (χ1v) is 10.1. The minimum absolute atomic E-state index is 0.157. The summed E-state index contributed by atoms with van der Waals surface area (Å²) in [7, 11) is 3.11. The molecule has 1 aromatic carbocycles. The van der Waals surface area contributed by atoms with Crippen LogP contribution in [-0.2, 0) is 22.5 Å². The van der Waals surface area contributed by atoms with E-state index in [-0.39, 0.29) is 18.4 Å². The van der Waals surface area contributed by atoms with Gasteiger partial charge in [0.2, 0.25) is 5.91 Å². The fourth-order valence-electron chi connectivity index (χ4n) is 3.34. The van der Waals surface area contributed by atoms with E-state index in [4.69, 9.17) is 19.9 Å². The Hall–Kier alpha value is -2.78. The molecule has 0 saturated carbocycles. The molecule has 1 aliphatic rings. The number of nitrogens with zero attached hydrogens (tertiary/aromatic N) is 1. The number of amides is 1. The van der Waals surface area contributed by atoms with Gasteiger partial charge in [-0.1, -0.05) is 0 Å². The molecule has 0 unspecified atom stereocenters. The molecule has 0 aliphatic carbocycles. The van der Waals surface area contributed by atoms with Crippen molar-refractivity contribution < 1.29 is 23.8 Å². The highest BCUT2D eigenvalue weighted by Gasteiger charge is 2.28. The van der Waals surface area contributed by atoms with E-state index >= 15 is 0 Å². The second kappa shape index (κ2) is 9.15. The van der Waals surface area contributed by atoms with Crippen molar-refractivity contribution in [1.29, 1.82) is 0 Å². The number of hydrogen-bond acceptors (Lipinski definition) is 8.